The summed E-state index contributed by atoms with van der Waals surface area (Å²) in [6.45, 7) is 0. The van der Waals surface area contributed by atoms with E-state index in [4.69, 9.17) is 19.6 Å². The molecule has 148 valence electrons. The number of hydrogen-bond acceptors (Lipinski definition) is 8. The molecule has 0 bridgehead atoms. The van der Waals surface area contributed by atoms with E-state index in [1.54, 1.807) is 18.2 Å². The van der Waals surface area contributed by atoms with Crippen LogP contribution >= 0.6 is 0 Å². The predicted octanol–water partition coefficient (Wildman–Crippen LogP) is 3.63. The minimum absolute atomic E-state index is 0.0364. The summed E-state index contributed by atoms with van der Waals surface area (Å²) in [5.41, 5.74) is 7.02. The van der Waals surface area contributed by atoms with Crippen molar-refractivity contribution in [2.45, 2.75) is 5.92 Å². The van der Waals surface area contributed by atoms with Gasteiger partial charge in [-0.2, -0.15) is 5.26 Å². The van der Waals surface area contributed by atoms with Gasteiger partial charge in [-0.15, -0.1) is 0 Å². The van der Waals surface area contributed by atoms with E-state index in [0.717, 1.165) is 0 Å². The SMILES string of the molecule is N#CC1=C(N)Oc2cc(OC(=O)c3ccco3)ccc2C1c1cccc([N+](=O)[O-])c1. The maximum atomic E-state index is 12.1. The number of carbonyl (C=O) groups excluding carboxylic acids is 1. The van der Waals surface area contributed by atoms with Gasteiger partial charge in [-0.1, -0.05) is 18.2 Å². The number of nitrogens with two attached hydrogens (primary N) is 1. The van der Waals surface area contributed by atoms with Crippen LogP contribution in [0.3, 0.4) is 0 Å². The molecule has 1 aromatic heterocycles. The molecule has 2 aromatic carbocycles. The third-order valence-corrected chi connectivity index (χ3v) is 4.54. The molecule has 0 saturated carbocycles. The highest BCUT2D eigenvalue weighted by atomic mass is 16.6. The molecule has 9 nitrogen and oxygen atoms in total. The topological polar surface area (TPSA) is 142 Å². The van der Waals surface area contributed by atoms with Crippen LogP contribution in [0.4, 0.5) is 5.69 Å². The van der Waals surface area contributed by atoms with Gasteiger partial charge in [0.2, 0.25) is 11.6 Å². The van der Waals surface area contributed by atoms with Crippen LogP contribution in [0.2, 0.25) is 0 Å². The van der Waals surface area contributed by atoms with Crippen molar-refractivity contribution in [3.8, 4) is 17.6 Å². The molecule has 1 atom stereocenters. The van der Waals surface area contributed by atoms with Gasteiger partial charge in [0.15, 0.2) is 0 Å². The van der Waals surface area contributed by atoms with Crippen molar-refractivity contribution in [1.29, 1.82) is 5.26 Å². The van der Waals surface area contributed by atoms with E-state index in [2.05, 4.69) is 0 Å². The molecular formula is C21H13N3O6. The Bertz CT molecular complexity index is 1220. The molecule has 1 aliphatic rings. The zero-order valence-corrected chi connectivity index (χ0v) is 15.3. The standard InChI is InChI=1S/C21H13N3O6/c22-11-16-19(12-3-1-4-13(9-12)24(26)27)15-7-6-14(10-18(15)30-20(16)23)29-21(25)17-5-2-8-28-17/h1-10,19H,23H2. The predicted molar refractivity (Wildman–Crippen MR) is 103 cm³/mol. The molecule has 1 unspecified atom stereocenters. The molecule has 2 N–H and O–H groups in total. The van der Waals surface area contributed by atoms with Crippen LogP contribution in [0.5, 0.6) is 11.5 Å². The highest BCUT2D eigenvalue weighted by molar-refractivity contribution is 5.88. The number of nitro benzene ring substituents is 1. The van der Waals surface area contributed by atoms with Crippen LogP contribution in [-0.4, -0.2) is 10.9 Å². The van der Waals surface area contributed by atoms with Gasteiger partial charge >= 0.3 is 5.97 Å². The summed E-state index contributed by atoms with van der Waals surface area (Å²) >= 11 is 0. The molecule has 2 heterocycles. The third kappa shape index (κ3) is 3.33. The average molecular weight is 403 g/mol. The largest absolute Gasteiger partial charge is 0.457 e. The number of hydrogen-bond donors (Lipinski definition) is 1. The number of esters is 1. The van der Waals surface area contributed by atoms with Crippen LogP contribution in [0.15, 0.2) is 76.7 Å². The summed E-state index contributed by atoms with van der Waals surface area (Å²) < 4.78 is 15.9. The summed E-state index contributed by atoms with van der Waals surface area (Å²) in [4.78, 5) is 22.7. The van der Waals surface area contributed by atoms with Crippen LogP contribution in [0, 0.1) is 21.4 Å². The number of carbonyl (C=O) groups is 1. The molecule has 4 rings (SSSR count). The number of rotatable bonds is 4. The monoisotopic (exact) mass is 403 g/mol. The molecule has 0 radical (unpaired) electrons. The number of allylic oxidation sites excluding steroid dienone is 1. The molecule has 0 amide bonds. The Balaban J connectivity index is 1.74. The van der Waals surface area contributed by atoms with E-state index < -0.39 is 16.8 Å². The number of nitriles is 1. The van der Waals surface area contributed by atoms with E-state index >= 15 is 0 Å². The fourth-order valence-electron chi connectivity index (χ4n) is 3.21. The van der Waals surface area contributed by atoms with Gasteiger partial charge in [0.1, 0.15) is 23.1 Å². The Morgan fingerprint density at radius 3 is 2.73 bits per heavy atom. The van der Waals surface area contributed by atoms with Crippen LogP contribution in [-0.2, 0) is 0 Å². The fraction of sp³-hybridized carbons (Fsp3) is 0.0476. The molecule has 0 aliphatic carbocycles. The lowest BCUT2D eigenvalue weighted by molar-refractivity contribution is -0.384. The van der Waals surface area contributed by atoms with Crippen molar-refractivity contribution in [1.82, 2.24) is 0 Å². The van der Waals surface area contributed by atoms with E-state index in [9.17, 15) is 20.2 Å². The Labute approximate surface area is 169 Å². The maximum Gasteiger partial charge on any atom is 0.379 e. The Morgan fingerprint density at radius 1 is 1.20 bits per heavy atom. The van der Waals surface area contributed by atoms with E-state index in [1.807, 2.05) is 6.07 Å². The van der Waals surface area contributed by atoms with Crippen molar-refractivity contribution in [2.75, 3.05) is 0 Å². The minimum Gasteiger partial charge on any atom is -0.457 e. The number of benzene rings is 2. The first-order chi connectivity index (χ1) is 14.5. The molecule has 3 aromatic rings. The normalized spacial score (nSPS) is 15.0. The summed E-state index contributed by atoms with van der Waals surface area (Å²) in [5.74, 6) is -1.00. The van der Waals surface area contributed by atoms with Gasteiger partial charge in [-0.25, -0.2) is 4.79 Å². The second-order valence-electron chi connectivity index (χ2n) is 6.34. The molecular weight excluding hydrogens is 390 g/mol. The van der Waals surface area contributed by atoms with Crippen molar-refractivity contribution < 1.29 is 23.6 Å². The number of non-ortho nitro benzene ring substituents is 1. The molecule has 0 spiro atoms. The Kier molecular flexibility index (Phi) is 4.66. The van der Waals surface area contributed by atoms with Crippen LogP contribution in [0.1, 0.15) is 27.6 Å². The summed E-state index contributed by atoms with van der Waals surface area (Å²) in [6.07, 6.45) is 1.35. The lowest BCUT2D eigenvalue weighted by Gasteiger charge is -2.26. The van der Waals surface area contributed by atoms with Gasteiger partial charge in [0.05, 0.1) is 17.1 Å². The average Bonchev–Trinajstić information content (AvgIpc) is 3.28. The quantitative estimate of drug-likeness (QED) is 0.301. The van der Waals surface area contributed by atoms with E-state index in [0.29, 0.717) is 11.1 Å². The first kappa shape index (κ1) is 18.8. The molecule has 1 aliphatic heterocycles. The number of ether oxygens (including phenoxy) is 2. The second kappa shape index (κ2) is 7.44. The fourth-order valence-corrected chi connectivity index (χ4v) is 3.21. The van der Waals surface area contributed by atoms with Gasteiger partial charge in [0.25, 0.3) is 5.69 Å². The van der Waals surface area contributed by atoms with Crippen molar-refractivity contribution in [2.24, 2.45) is 5.73 Å². The van der Waals surface area contributed by atoms with Gasteiger partial charge < -0.3 is 19.6 Å². The van der Waals surface area contributed by atoms with E-state index in [1.165, 1.54) is 42.7 Å². The maximum absolute atomic E-state index is 12.1. The van der Waals surface area contributed by atoms with Gasteiger partial charge in [-0.3, -0.25) is 10.1 Å². The first-order valence-corrected chi connectivity index (χ1v) is 8.69. The summed E-state index contributed by atoms with van der Waals surface area (Å²) in [5, 5.41) is 20.8. The lowest BCUT2D eigenvalue weighted by Crippen LogP contribution is -2.21. The van der Waals surface area contributed by atoms with Gasteiger partial charge in [0, 0.05) is 23.8 Å². The number of furan rings is 1. The number of fused-ring (bicyclic) bond motifs is 1. The number of nitro groups is 1. The summed E-state index contributed by atoms with van der Waals surface area (Å²) in [7, 11) is 0. The minimum atomic E-state index is -0.688. The van der Waals surface area contributed by atoms with E-state index in [-0.39, 0.29) is 34.4 Å². The number of nitrogens with zero attached hydrogens (tertiary/aromatic N) is 2. The zero-order valence-electron chi connectivity index (χ0n) is 15.3. The molecule has 0 fully saturated rings. The zero-order chi connectivity index (χ0) is 21.3. The first-order valence-electron chi connectivity index (χ1n) is 8.69. The van der Waals surface area contributed by atoms with Gasteiger partial charge in [-0.05, 0) is 23.8 Å². The third-order valence-electron chi connectivity index (χ3n) is 4.54. The smallest absolute Gasteiger partial charge is 0.379 e. The van der Waals surface area contributed by atoms with Crippen molar-refractivity contribution in [3.63, 3.8) is 0 Å². The second-order valence-corrected chi connectivity index (χ2v) is 6.34. The Morgan fingerprint density at radius 2 is 2.03 bits per heavy atom. The van der Waals surface area contributed by atoms with Crippen LogP contribution in [0.25, 0.3) is 0 Å². The molecule has 0 saturated heterocycles. The Hall–Kier alpha value is -4.58. The molecule has 9 heteroatoms. The highest BCUT2D eigenvalue weighted by Gasteiger charge is 2.32. The molecule has 30 heavy (non-hydrogen) atoms. The van der Waals surface area contributed by atoms with Crippen LogP contribution < -0.4 is 15.2 Å². The lowest BCUT2D eigenvalue weighted by atomic mass is 9.83. The highest BCUT2D eigenvalue weighted by Crippen LogP contribution is 2.44. The van der Waals surface area contributed by atoms with Crippen molar-refractivity contribution >= 4 is 11.7 Å². The van der Waals surface area contributed by atoms with Crippen molar-refractivity contribution in [3.05, 3.63) is 99.3 Å². The summed E-state index contributed by atoms with van der Waals surface area (Å²) in [6, 6.07) is 15.6.